The first-order chi connectivity index (χ1) is 14.6. The molecule has 1 N–H and O–H groups in total. The molecule has 1 amide bonds. The van der Waals surface area contributed by atoms with E-state index in [1.54, 1.807) is 29.8 Å². The van der Waals surface area contributed by atoms with E-state index in [0.29, 0.717) is 23.0 Å². The van der Waals surface area contributed by atoms with Crippen LogP contribution in [0.15, 0.2) is 65.7 Å². The van der Waals surface area contributed by atoms with Crippen LogP contribution in [0, 0.1) is 5.82 Å². The zero-order chi connectivity index (χ0) is 20.9. The van der Waals surface area contributed by atoms with E-state index in [4.69, 9.17) is 4.74 Å². The smallest absolute Gasteiger partial charge is 0.230 e. The highest BCUT2D eigenvalue weighted by Gasteiger charge is 2.11. The summed E-state index contributed by atoms with van der Waals surface area (Å²) >= 11 is 1.31. The molecule has 30 heavy (non-hydrogen) atoms. The molecule has 4 aromatic rings. The van der Waals surface area contributed by atoms with Gasteiger partial charge >= 0.3 is 0 Å². The van der Waals surface area contributed by atoms with Crippen molar-refractivity contribution in [3.8, 4) is 17.1 Å². The Morgan fingerprint density at radius 2 is 1.83 bits per heavy atom. The van der Waals surface area contributed by atoms with E-state index < -0.39 is 0 Å². The Kier molecular flexibility index (Phi) is 5.89. The molecule has 0 saturated heterocycles. The van der Waals surface area contributed by atoms with Crippen molar-refractivity contribution in [3.05, 3.63) is 72.0 Å². The first-order valence-corrected chi connectivity index (χ1v) is 10.1. The number of amides is 1. The van der Waals surface area contributed by atoms with Crippen molar-refractivity contribution >= 4 is 23.3 Å². The molecule has 2 heterocycles. The maximum Gasteiger partial charge on any atom is 0.230 e. The minimum Gasteiger partial charge on any atom is -0.497 e. The molecular formula is C21H18FN5O2S. The highest BCUT2D eigenvalue weighted by Crippen LogP contribution is 2.22. The number of aromatic nitrogens is 4. The Bertz CT molecular complexity index is 1160. The van der Waals surface area contributed by atoms with Crippen LogP contribution in [-0.2, 0) is 11.3 Å². The lowest BCUT2D eigenvalue weighted by Crippen LogP contribution is -2.24. The van der Waals surface area contributed by atoms with E-state index >= 15 is 0 Å². The van der Waals surface area contributed by atoms with Crippen molar-refractivity contribution < 1.29 is 13.9 Å². The number of thioether (sulfide) groups is 1. The normalized spacial score (nSPS) is 10.9. The van der Waals surface area contributed by atoms with Crippen LogP contribution in [0.25, 0.3) is 17.0 Å². The van der Waals surface area contributed by atoms with Crippen LogP contribution in [-0.4, -0.2) is 38.6 Å². The van der Waals surface area contributed by atoms with Crippen molar-refractivity contribution in [2.45, 2.75) is 11.6 Å². The number of carbonyl (C=O) groups excluding carboxylic acids is 1. The molecule has 9 heteroatoms. The van der Waals surface area contributed by atoms with Crippen LogP contribution >= 0.6 is 11.8 Å². The van der Waals surface area contributed by atoms with Gasteiger partial charge in [-0.25, -0.2) is 4.39 Å². The van der Waals surface area contributed by atoms with Gasteiger partial charge in [-0.05, 0) is 54.1 Å². The number of benzene rings is 2. The molecule has 0 radical (unpaired) electrons. The summed E-state index contributed by atoms with van der Waals surface area (Å²) < 4.78 is 19.8. The Labute approximate surface area is 176 Å². The quantitative estimate of drug-likeness (QED) is 0.459. The number of hydrogen-bond donors (Lipinski definition) is 1. The highest BCUT2D eigenvalue weighted by molar-refractivity contribution is 7.99. The van der Waals surface area contributed by atoms with Gasteiger partial charge in [0.15, 0.2) is 11.5 Å². The van der Waals surface area contributed by atoms with E-state index in [1.165, 1.54) is 23.9 Å². The van der Waals surface area contributed by atoms with Crippen molar-refractivity contribution in [3.63, 3.8) is 0 Å². The number of nitrogens with one attached hydrogen (secondary N) is 1. The van der Waals surface area contributed by atoms with E-state index in [0.717, 1.165) is 16.9 Å². The van der Waals surface area contributed by atoms with Gasteiger partial charge in [0.2, 0.25) is 5.91 Å². The summed E-state index contributed by atoms with van der Waals surface area (Å²) in [6.45, 7) is 0.346. The molecular weight excluding hydrogens is 405 g/mol. The number of nitrogens with zero attached hydrogens (tertiary/aromatic N) is 4. The van der Waals surface area contributed by atoms with Crippen molar-refractivity contribution in [1.82, 2.24) is 25.1 Å². The summed E-state index contributed by atoms with van der Waals surface area (Å²) in [5, 5.41) is 16.4. The largest absolute Gasteiger partial charge is 0.497 e. The van der Waals surface area contributed by atoms with E-state index in [9.17, 15) is 9.18 Å². The summed E-state index contributed by atoms with van der Waals surface area (Å²) in [7, 11) is 1.61. The van der Waals surface area contributed by atoms with E-state index in [1.807, 2.05) is 30.3 Å². The molecule has 0 unspecified atom stereocenters. The van der Waals surface area contributed by atoms with Crippen molar-refractivity contribution in [2.75, 3.05) is 12.9 Å². The molecule has 0 saturated carbocycles. The van der Waals surface area contributed by atoms with Crippen LogP contribution in [0.2, 0.25) is 0 Å². The molecule has 2 aromatic carbocycles. The topological polar surface area (TPSA) is 81.4 Å². The zero-order valence-corrected chi connectivity index (χ0v) is 16.9. The molecule has 4 rings (SSSR count). The summed E-state index contributed by atoms with van der Waals surface area (Å²) in [4.78, 5) is 12.1. The number of methoxy groups -OCH3 is 1. The molecule has 7 nitrogen and oxygen atoms in total. The Balaban J connectivity index is 1.41. The fraction of sp³-hybridized carbons (Fsp3) is 0.143. The van der Waals surface area contributed by atoms with Gasteiger partial charge in [-0.1, -0.05) is 23.9 Å². The maximum absolute atomic E-state index is 12.9. The van der Waals surface area contributed by atoms with Gasteiger partial charge in [0, 0.05) is 12.1 Å². The Morgan fingerprint density at radius 1 is 1.07 bits per heavy atom. The van der Waals surface area contributed by atoms with Gasteiger partial charge < -0.3 is 10.1 Å². The van der Waals surface area contributed by atoms with Crippen molar-refractivity contribution in [1.29, 1.82) is 0 Å². The van der Waals surface area contributed by atoms with Gasteiger partial charge in [-0.15, -0.1) is 10.2 Å². The third-order valence-corrected chi connectivity index (χ3v) is 5.26. The highest BCUT2D eigenvalue weighted by atomic mass is 32.2. The third kappa shape index (κ3) is 4.57. The number of rotatable bonds is 7. The number of halogens is 1. The van der Waals surface area contributed by atoms with Gasteiger partial charge in [-0.2, -0.15) is 9.61 Å². The molecule has 0 spiro atoms. The summed E-state index contributed by atoms with van der Waals surface area (Å²) in [6.07, 6.45) is 0. The standard InChI is InChI=1S/C21H18FN5O2S/c1-29-17-8-4-15(5-9-17)21-25-24-18-10-11-20(26-27(18)21)30-13-19(28)23-12-14-2-6-16(22)7-3-14/h2-11H,12-13H2,1H3,(H,23,28). The van der Waals surface area contributed by atoms with Crippen LogP contribution < -0.4 is 10.1 Å². The molecule has 0 aliphatic heterocycles. The summed E-state index contributed by atoms with van der Waals surface area (Å²) in [5.41, 5.74) is 2.31. The monoisotopic (exact) mass is 423 g/mol. The fourth-order valence-corrected chi connectivity index (χ4v) is 3.45. The van der Waals surface area contributed by atoms with Gasteiger partial charge in [0.05, 0.1) is 12.9 Å². The predicted octanol–water partition coefficient (Wildman–Crippen LogP) is 3.35. The number of hydrogen-bond acceptors (Lipinski definition) is 6. The molecule has 0 bridgehead atoms. The lowest BCUT2D eigenvalue weighted by Gasteiger charge is -2.06. The predicted molar refractivity (Wildman–Crippen MR) is 112 cm³/mol. The minimum atomic E-state index is -0.301. The maximum atomic E-state index is 12.9. The molecule has 0 atom stereocenters. The van der Waals surface area contributed by atoms with Gasteiger partial charge in [-0.3, -0.25) is 4.79 Å². The minimum absolute atomic E-state index is 0.134. The van der Waals surface area contributed by atoms with E-state index in [-0.39, 0.29) is 17.5 Å². The zero-order valence-electron chi connectivity index (χ0n) is 16.1. The lowest BCUT2D eigenvalue weighted by molar-refractivity contribution is -0.118. The van der Waals surface area contributed by atoms with Crippen molar-refractivity contribution in [2.24, 2.45) is 0 Å². The van der Waals surface area contributed by atoms with E-state index in [2.05, 4.69) is 20.6 Å². The molecule has 152 valence electrons. The lowest BCUT2D eigenvalue weighted by atomic mass is 10.2. The van der Waals surface area contributed by atoms with Gasteiger partial charge in [0.1, 0.15) is 16.6 Å². The first kappa shape index (κ1) is 19.8. The molecule has 2 aromatic heterocycles. The van der Waals surface area contributed by atoms with Crippen LogP contribution in [0.5, 0.6) is 5.75 Å². The number of fused-ring (bicyclic) bond motifs is 1. The summed E-state index contributed by atoms with van der Waals surface area (Å²) in [6, 6.07) is 17.1. The first-order valence-electron chi connectivity index (χ1n) is 9.13. The van der Waals surface area contributed by atoms with Crippen LogP contribution in [0.4, 0.5) is 4.39 Å². The van der Waals surface area contributed by atoms with Gasteiger partial charge in [0.25, 0.3) is 0 Å². The van der Waals surface area contributed by atoms with Crippen LogP contribution in [0.3, 0.4) is 0 Å². The number of carbonyl (C=O) groups is 1. The Hall–Kier alpha value is -3.46. The SMILES string of the molecule is COc1ccc(-c2nnc3ccc(SCC(=O)NCc4ccc(F)cc4)nn23)cc1. The van der Waals surface area contributed by atoms with Crippen LogP contribution in [0.1, 0.15) is 5.56 Å². The second-order valence-electron chi connectivity index (χ2n) is 6.39. The summed E-state index contributed by atoms with van der Waals surface area (Å²) in [5.74, 6) is 1.13. The fourth-order valence-electron chi connectivity index (χ4n) is 2.76. The molecule has 0 fully saturated rings. The second-order valence-corrected chi connectivity index (χ2v) is 7.38. The molecule has 0 aliphatic carbocycles. The molecule has 0 aliphatic rings. The number of ether oxygens (including phenoxy) is 1. The Morgan fingerprint density at radius 3 is 2.57 bits per heavy atom. The average molecular weight is 423 g/mol. The second kappa shape index (κ2) is 8.91. The third-order valence-electron chi connectivity index (χ3n) is 4.34. The average Bonchev–Trinajstić information content (AvgIpc) is 3.20.